The lowest BCUT2D eigenvalue weighted by atomic mass is 9.65. The van der Waals surface area contributed by atoms with E-state index in [4.69, 9.17) is 4.74 Å². The summed E-state index contributed by atoms with van der Waals surface area (Å²) in [4.78, 5) is 41.9. The van der Waals surface area contributed by atoms with Crippen molar-refractivity contribution < 1.29 is 29.3 Å². The molecule has 3 aliphatic rings. The highest BCUT2D eigenvalue weighted by Gasteiger charge is 2.79. The van der Waals surface area contributed by atoms with Crippen molar-refractivity contribution in [3.63, 3.8) is 0 Å². The molecule has 0 aromatic heterocycles. The van der Waals surface area contributed by atoms with E-state index in [0.29, 0.717) is 25.8 Å². The summed E-state index contributed by atoms with van der Waals surface area (Å²) in [5.74, 6) is -3.64. The Hall–Kier alpha value is -1.93. The predicted molar refractivity (Wildman–Crippen MR) is 100 cm³/mol. The van der Waals surface area contributed by atoms with Crippen molar-refractivity contribution >= 4 is 17.8 Å². The third-order valence-electron chi connectivity index (χ3n) is 6.75. The molecule has 2 bridgehead atoms. The van der Waals surface area contributed by atoms with Crippen LogP contribution in [-0.4, -0.2) is 80.8 Å². The summed E-state index contributed by atoms with van der Waals surface area (Å²) in [5.41, 5.74) is -2.08. The summed E-state index contributed by atoms with van der Waals surface area (Å²) in [6.45, 7) is 9.31. The number of likely N-dealkylation sites (tertiary alicyclic amines) is 1. The molecule has 0 aliphatic carbocycles. The smallest absolute Gasteiger partial charge is 0.310 e. The number of aliphatic hydroxyl groups excluding tert-OH is 1. The van der Waals surface area contributed by atoms with Crippen LogP contribution < -0.4 is 0 Å². The van der Waals surface area contributed by atoms with E-state index in [2.05, 4.69) is 6.58 Å². The summed E-state index contributed by atoms with van der Waals surface area (Å²) in [7, 11) is 0. The van der Waals surface area contributed by atoms with Crippen molar-refractivity contribution in [2.75, 3.05) is 19.7 Å². The number of rotatable bonds is 8. The fourth-order valence-electron chi connectivity index (χ4n) is 5.57. The number of β-amino-alcohol motifs (C(OH)–C–C–N with tert-alkyl or cyclic N) is 1. The van der Waals surface area contributed by atoms with Crippen LogP contribution in [0.15, 0.2) is 12.7 Å². The Bertz CT molecular complexity index is 694. The lowest BCUT2D eigenvalue weighted by molar-refractivity contribution is -0.158. The normalized spacial score (nSPS) is 36.1. The molecular formula is C20H30N2O6. The van der Waals surface area contributed by atoms with Gasteiger partial charge in [-0.2, -0.15) is 0 Å². The molecule has 3 aliphatic heterocycles. The van der Waals surface area contributed by atoms with Gasteiger partial charge in [0, 0.05) is 19.1 Å². The maximum absolute atomic E-state index is 13.6. The molecule has 3 fully saturated rings. The van der Waals surface area contributed by atoms with Gasteiger partial charge in [-0.15, -0.1) is 6.58 Å². The second-order valence-corrected chi connectivity index (χ2v) is 8.30. The molecule has 0 aromatic carbocycles. The second kappa shape index (κ2) is 7.15. The molecule has 2 unspecified atom stereocenters. The third-order valence-corrected chi connectivity index (χ3v) is 6.75. The topological polar surface area (TPSA) is 107 Å². The quantitative estimate of drug-likeness (QED) is 0.585. The van der Waals surface area contributed by atoms with Crippen molar-refractivity contribution in [1.29, 1.82) is 0 Å². The number of hydrogen-bond donors (Lipinski definition) is 2. The van der Waals surface area contributed by atoms with Crippen LogP contribution in [0.3, 0.4) is 0 Å². The Morgan fingerprint density at radius 1 is 1.43 bits per heavy atom. The van der Waals surface area contributed by atoms with Gasteiger partial charge in [-0.05, 0) is 33.1 Å². The SMILES string of the molecule is C=CCN(C(=O)C1N(CCO)C(=O)[C@@H]2[C@@H](C(=O)O)[C@@]3(CC)CCC12O3)C(C)C. The number of carbonyl (C=O) groups is 3. The van der Waals surface area contributed by atoms with Crippen LogP contribution in [0.25, 0.3) is 0 Å². The Balaban J connectivity index is 2.10. The van der Waals surface area contributed by atoms with Crippen molar-refractivity contribution in [3.8, 4) is 0 Å². The number of carbonyl (C=O) groups excluding carboxylic acids is 2. The molecule has 5 atom stereocenters. The number of carboxylic acid groups (broad SMARTS) is 1. The van der Waals surface area contributed by atoms with Gasteiger partial charge in [0.15, 0.2) is 0 Å². The summed E-state index contributed by atoms with van der Waals surface area (Å²) in [6.07, 6.45) is 3.06. The van der Waals surface area contributed by atoms with E-state index < -0.39 is 41.0 Å². The van der Waals surface area contributed by atoms with E-state index in [1.165, 1.54) is 4.90 Å². The van der Waals surface area contributed by atoms with Crippen LogP contribution in [0, 0.1) is 11.8 Å². The zero-order valence-corrected chi connectivity index (χ0v) is 16.8. The predicted octanol–water partition coefficient (Wildman–Crippen LogP) is 0.641. The molecular weight excluding hydrogens is 364 g/mol. The monoisotopic (exact) mass is 394 g/mol. The first-order valence-corrected chi connectivity index (χ1v) is 9.96. The Kier molecular flexibility index (Phi) is 5.31. The van der Waals surface area contributed by atoms with E-state index in [1.54, 1.807) is 11.0 Å². The van der Waals surface area contributed by atoms with Crippen molar-refractivity contribution in [2.45, 2.75) is 63.3 Å². The molecule has 3 heterocycles. The number of nitrogens with zero attached hydrogens (tertiary/aromatic N) is 2. The van der Waals surface area contributed by atoms with Crippen LogP contribution in [0.5, 0.6) is 0 Å². The molecule has 156 valence electrons. The van der Waals surface area contributed by atoms with Crippen molar-refractivity contribution in [3.05, 3.63) is 12.7 Å². The highest BCUT2D eigenvalue weighted by molar-refractivity contribution is 5.98. The molecule has 1 spiro atoms. The number of hydrogen-bond acceptors (Lipinski definition) is 5. The molecule has 8 nitrogen and oxygen atoms in total. The summed E-state index contributed by atoms with van der Waals surface area (Å²) >= 11 is 0. The number of ether oxygens (including phenoxy) is 1. The fourth-order valence-corrected chi connectivity index (χ4v) is 5.57. The largest absolute Gasteiger partial charge is 0.481 e. The zero-order chi connectivity index (χ0) is 20.9. The number of amides is 2. The maximum Gasteiger partial charge on any atom is 0.310 e. The minimum Gasteiger partial charge on any atom is -0.481 e. The molecule has 2 amide bonds. The number of aliphatic hydroxyl groups is 1. The lowest BCUT2D eigenvalue weighted by Gasteiger charge is -2.38. The van der Waals surface area contributed by atoms with Gasteiger partial charge in [0.1, 0.15) is 17.6 Å². The van der Waals surface area contributed by atoms with Crippen LogP contribution in [0.1, 0.15) is 40.0 Å². The highest BCUT2D eigenvalue weighted by Crippen LogP contribution is 2.64. The molecule has 3 rings (SSSR count). The summed E-state index contributed by atoms with van der Waals surface area (Å²) in [5, 5.41) is 19.4. The van der Waals surface area contributed by atoms with Gasteiger partial charge in [-0.25, -0.2) is 0 Å². The van der Waals surface area contributed by atoms with E-state index in [-0.39, 0.29) is 25.1 Å². The van der Waals surface area contributed by atoms with Gasteiger partial charge in [0.25, 0.3) is 0 Å². The maximum atomic E-state index is 13.6. The van der Waals surface area contributed by atoms with Gasteiger partial charge in [0.05, 0.1) is 18.1 Å². The minimum absolute atomic E-state index is 0.0255. The summed E-state index contributed by atoms with van der Waals surface area (Å²) in [6, 6.07) is -1.06. The van der Waals surface area contributed by atoms with Crippen LogP contribution >= 0.6 is 0 Å². The van der Waals surface area contributed by atoms with Crippen LogP contribution in [-0.2, 0) is 19.1 Å². The number of fused-ring (bicyclic) bond motifs is 1. The second-order valence-electron chi connectivity index (χ2n) is 8.30. The summed E-state index contributed by atoms with van der Waals surface area (Å²) < 4.78 is 6.39. The Labute approximate surface area is 165 Å². The molecule has 2 N–H and O–H groups in total. The average Bonchev–Trinajstić information content (AvgIpc) is 3.24. The Morgan fingerprint density at radius 2 is 2.11 bits per heavy atom. The molecule has 0 aromatic rings. The highest BCUT2D eigenvalue weighted by atomic mass is 16.5. The molecule has 28 heavy (non-hydrogen) atoms. The zero-order valence-electron chi connectivity index (χ0n) is 16.8. The first-order chi connectivity index (χ1) is 13.2. The van der Waals surface area contributed by atoms with Gasteiger partial charge < -0.3 is 24.7 Å². The van der Waals surface area contributed by atoms with E-state index >= 15 is 0 Å². The first kappa shape index (κ1) is 20.8. The van der Waals surface area contributed by atoms with Gasteiger partial charge >= 0.3 is 5.97 Å². The van der Waals surface area contributed by atoms with Gasteiger partial charge in [0.2, 0.25) is 11.8 Å². The van der Waals surface area contributed by atoms with Gasteiger partial charge in [-0.1, -0.05) is 13.0 Å². The third kappa shape index (κ3) is 2.61. The van der Waals surface area contributed by atoms with Crippen molar-refractivity contribution in [1.82, 2.24) is 9.80 Å². The van der Waals surface area contributed by atoms with Crippen LogP contribution in [0.2, 0.25) is 0 Å². The lowest BCUT2D eigenvalue weighted by Crippen LogP contribution is -2.57. The van der Waals surface area contributed by atoms with E-state index in [9.17, 15) is 24.6 Å². The van der Waals surface area contributed by atoms with Crippen LogP contribution in [0.4, 0.5) is 0 Å². The van der Waals surface area contributed by atoms with Crippen molar-refractivity contribution in [2.24, 2.45) is 11.8 Å². The molecule has 0 radical (unpaired) electrons. The fraction of sp³-hybridized carbons (Fsp3) is 0.750. The molecule has 0 saturated carbocycles. The molecule has 3 saturated heterocycles. The van der Waals surface area contributed by atoms with Gasteiger partial charge in [-0.3, -0.25) is 14.4 Å². The molecule has 8 heteroatoms. The van der Waals surface area contributed by atoms with E-state index in [0.717, 1.165) is 0 Å². The first-order valence-electron chi connectivity index (χ1n) is 9.96. The standard InChI is InChI=1S/C20H30N2O6/c1-5-9-21(12(3)4)17(25)15-20-8-7-19(6-2,28-20)14(18(26)27)13(20)16(24)22(15)10-11-23/h5,12-15,23H,1,6-11H2,2-4H3,(H,26,27)/t13-,14-,15?,19+,20?/m0/s1. The number of aliphatic carboxylic acids is 1. The van der Waals surface area contributed by atoms with E-state index in [1.807, 2.05) is 20.8 Å². The number of carboxylic acids is 1. The average molecular weight is 394 g/mol. The minimum atomic E-state index is -1.16. The Morgan fingerprint density at radius 3 is 2.61 bits per heavy atom.